The number of nitro benzene ring substituents is 1. The summed E-state index contributed by atoms with van der Waals surface area (Å²) in [7, 11) is 1.62. The molecule has 0 amide bonds. The molecule has 0 bridgehead atoms. The van der Waals surface area contributed by atoms with Crippen LogP contribution in [0.4, 0.5) is 10.8 Å². The van der Waals surface area contributed by atoms with Gasteiger partial charge in [-0.1, -0.05) is 12.1 Å². The summed E-state index contributed by atoms with van der Waals surface area (Å²) in [6.07, 6.45) is 1.49. The number of methoxy groups -OCH3 is 1. The Hall–Kier alpha value is -3.46. The summed E-state index contributed by atoms with van der Waals surface area (Å²) in [4.78, 5) is 15.2. The number of nitrogens with one attached hydrogen (secondary N) is 1. The minimum absolute atomic E-state index is 0.0986. The maximum absolute atomic E-state index is 11.2. The average Bonchev–Trinajstić information content (AvgIpc) is 3.17. The van der Waals surface area contributed by atoms with Crippen LogP contribution < -0.4 is 14.9 Å². The SMILES string of the molecule is CCOc1ccc(/C=N\Nc2nc(-c3ccccc3OC)cs2)cc1[N+](=O)[O-]. The van der Waals surface area contributed by atoms with E-state index in [1.807, 2.05) is 29.6 Å². The third kappa shape index (κ3) is 4.44. The topological polar surface area (TPSA) is 98.9 Å². The highest BCUT2D eigenvalue weighted by molar-refractivity contribution is 7.14. The normalized spacial score (nSPS) is 10.8. The molecule has 1 heterocycles. The largest absolute Gasteiger partial charge is 0.496 e. The number of nitrogens with zero attached hydrogens (tertiary/aromatic N) is 3. The second kappa shape index (κ2) is 8.96. The van der Waals surface area contributed by atoms with E-state index < -0.39 is 4.92 Å². The summed E-state index contributed by atoms with van der Waals surface area (Å²) in [5.74, 6) is 0.975. The predicted molar refractivity (Wildman–Crippen MR) is 110 cm³/mol. The monoisotopic (exact) mass is 398 g/mol. The molecule has 0 aliphatic carbocycles. The molecule has 3 aromatic rings. The maximum Gasteiger partial charge on any atom is 0.311 e. The van der Waals surface area contributed by atoms with Gasteiger partial charge in [0.15, 0.2) is 5.75 Å². The van der Waals surface area contributed by atoms with Crippen LogP contribution in [-0.2, 0) is 0 Å². The Balaban J connectivity index is 1.73. The van der Waals surface area contributed by atoms with Crippen molar-refractivity contribution in [1.29, 1.82) is 0 Å². The number of thiazole rings is 1. The molecule has 0 radical (unpaired) electrons. The molecular weight excluding hydrogens is 380 g/mol. The number of ether oxygens (including phenoxy) is 2. The fourth-order valence-electron chi connectivity index (χ4n) is 2.50. The summed E-state index contributed by atoms with van der Waals surface area (Å²) in [6, 6.07) is 12.3. The quantitative estimate of drug-likeness (QED) is 0.339. The molecule has 0 atom stereocenters. The van der Waals surface area contributed by atoms with Gasteiger partial charge in [-0.25, -0.2) is 4.98 Å². The molecule has 1 N–H and O–H groups in total. The summed E-state index contributed by atoms with van der Waals surface area (Å²) >= 11 is 1.40. The summed E-state index contributed by atoms with van der Waals surface area (Å²) < 4.78 is 10.6. The van der Waals surface area contributed by atoms with Crippen molar-refractivity contribution < 1.29 is 14.4 Å². The minimum Gasteiger partial charge on any atom is -0.496 e. The number of para-hydroxylation sites is 1. The molecule has 0 saturated heterocycles. The predicted octanol–water partition coefficient (Wildman–Crippen LogP) is 4.57. The Kier molecular flexibility index (Phi) is 6.18. The first-order valence-electron chi connectivity index (χ1n) is 8.41. The molecule has 0 saturated carbocycles. The van der Waals surface area contributed by atoms with Crippen molar-refractivity contribution in [2.24, 2.45) is 5.10 Å². The fraction of sp³-hybridized carbons (Fsp3) is 0.158. The first-order chi connectivity index (χ1) is 13.6. The molecule has 8 nitrogen and oxygen atoms in total. The van der Waals surface area contributed by atoms with Gasteiger partial charge in [-0.2, -0.15) is 5.10 Å². The van der Waals surface area contributed by atoms with Gasteiger partial charge in [0.05, 0.1) is 30.5 Å². The summed E-state index contributed by atoms with van der Waals surface area (Å²) in [6.45, 7) is 2.13. The zero-order valence-electron chi connectivity index (χ0n) is 15.3. The highest BCUT2D eigenvalue weighted by Crippen LogP contribution is 2.32. The molecular formula is C19H18N4O4S. The highest BCUT2D eigenvalue weighted by Gasteiger charge is 2.15. The van der Waals surface area contributed by atoms with Crippen molar-refractivity contribution in [3.8, 4) is 22.8 Å². The van der Waals surface area contributed by atoms with Crippen LogP contribution in [0.15, 0.2) is 52.9 Å². The molecule has 0 fully saturated rings. The number of rotatable bonds is 8. The van der Waals surface area contributed by atoms with Gasteiger partial charge in [-0.3, -0.25) is 15.5 Å². The lowest BCUT2D eigenvalue weighted by atomic mass is 10.1. The second-order valence-electron chi connectivity index (χ2n) is 5.53. The van der Waals surface area contributed by atoms with E-state index in [-0.39, 0.29) is 11.4 Å². The van der Waals surface area contributed by atoms with Crippen molar-refractivity contribution in [2.75, 3.05) is 19.1 Å². The van der Waals surface area contributed by atoms with E-state index in [4.69, 9.17) is 9.47 Å². The Morgan fingerprint density at radius 3 is 2.86 bits per heavy atom. The van der Waals surface area contributed by atoms with Crippen molar-refractivity contribution in [3.63, 3.8) is 0 Å². The van der Waals surface area contributed by atoms with E-state index in [0.717, 1.165) is 17.0 Å². The Labute approximate surface area is 165 Å². The van der Waals surface area contributed by atoms with Crippen LogP contribution in [0.5, 0.6) is 11.5 Å². The van der Waals surface area contributed by atoms with Gasteiger partial charge in [0.25, 0.3) is 0 Å². The maximum atomic E-state index is 11.2. The van der Waals surface area contributed by atoms with E-state index in [2.05, 4.69) is 15.5 Å². The molecule has 0 unspecified atom stereocenters. The van der Waals surface area contributed by atoms with E-state index in [1.54, 1.807) is 26.2 Å². The third-order valence-electron chi connectivity index (χ3n) is 3.74. The number of hydrazone groups is 1. The lowest BCUT2D eigenvalue weighted by Crippen LogP contribution is -1.99. The van der Waals surface area contributed by atoms with Gasteiger partial charge in [0.1, 0.15) is 5.75 Å². The van der Waals surface area contributed by atoms with Gasteiger partial charge < -0.3 is 9.47 Å². The van der Waals surface area contributed by atoms with Gasteiger partial charge in [-0.15, -0.1) is 11.3 Å². The zero-order chi connectivity index (χ0) is 19.9. The number of nitro groups is 1. The Bertz CT molecular complexity index is 1000. The van der Waals surface area contributed by atoms with E-state index >= 15 is 0 Å². The first kappa shape index (κ1) is 19.3. The van der Waals surface area contributed by atoms with Gasteiger partial charge in [0.2, 0.25) is 5.13 Å². The van der Waals surface area contributed by atoms with E-state index in [1.165, 1.54) is 23.6 Å². The lowest BCUT2D eigenvalue weighted by Gasteiger charge is -2.05. The number of anilines is 1. The molecule has 2 aromatic carbocycles. The fourth-order valence-corrected chi connectivity index (χ4v) is 3.16. The molecule has 144 valence electrons. The minimum atomic E-state index is -0.476. The number of hydrogen-bond acceptors (Lipinski definition) is 8. The van der Waals surface area contributed by atoms with Crippen LogP contribution in [-0.4, -0.2) is 29.8 Å². The smallest absolute Gasteiger partial charge is 0.311 e. The highest BCUT2D eigenvalue weighted by atomic mass is 32.1. The molecule has 1 aromatic heterocycles. The molecule has 28 heavy (non-hydrogen) atoms. The van der Waals surface area contributed by atoms with Crippen LogP contribution in [0.3, 0.4) is 0 Å². The van der Waals surface area contributed by atoms with Gasteiger partial charge >= 0.3 is 5.69 Å². The molecule has 9 heteroatoms. The van der Waals surface area contributed by atoms with Gasteiger partial charge in [0, 0.05) is 22.6 Å². The summed E-state index contributed by atoms with van der Waals surface area (Å²) in [5, 5.41) is 17.8. The van der Waals surface area contributed by atoms with Crippen LogP contribution in [0.1, 0.15) is 12.5 Å². The lowest BCUT2D eigenvalue weighted by molar-refractivity contribution is -0.385. The molecule has 3 rings (SSSR count). The van der Waals surface area contributed by atoms with Crippen LogP contribution in [0.25, 0.3) is 11.3 Å². The van der Waals surface area contributed by atoms with Crippen molar-refractivity contribution in [1.82, 2.24) is 4.98 Å². The van der Waals surface area contributed by atoms with Crippen LogP contribution >= 0.6 is 11.3 Å². The van der Waals surface area contributed by atoms with Crippen LogP contribution in [0, 0.1) is 10.1 Å². The number of hydrogen-bond donors (Lipinski definition) is 1. The Morgan fingerprint density at radius 1 is 1.29 bits per heavy atom. The second-order valence-corrected chi connectivity index (χ2v) is 6.38. The molecule has 0 aliphatic rings. The van der Waals surface area contributed by atoms with Crippen LogP contribution in [0.2, 0.25) is 0 Å². The first-order valence-corrected chi connectivity index (χ1v) is 9.29. The molecule has 0 aliphatic heterocycles. The van der Waals surface area contributed by atoms with E-state index in [9.17, 15) is 10.1 Å². The summed E-state index contributed by atoms with van der Waals surface area (Å²) in [5.41, 5.74) is 4.98. The van der Waals surface area contributed by atoms with Gasteiger partial charge in [-0.05, 0) is 31.2 Å². The average molecular weight is 398 g/mol. The van der Waals surface area contributed by atoms with E-state index in [0.29, 0.717) is 17.3 Å². The zero-order valence-corrected chi connectivity index (χ0v) is 16.1. The molecule has 0 spiro atoms. The van der Waals surface area contributed by atoms with Crippen molar-refractivity contribution in [2.45, 2.75) is 6.92 Å². The van der Waals surface area contributed by atoms with Crippen molar-refractivity contribution >= 4 is 28.4 Å². The third-order valence-corrected chi connectivity index (χ3v) is 4.49. The standard InChI is InChI=1S/C19H18N4O4S/c1-3-27-18-9-8-13(10-16(18)23(24)25)11-20-22-19-21-15(12-28-19)14-6-4-5-7-17(14)26-2/h4-12H,3H2,1-2H3,(H,21,22)/b20-11-. The van der Waals surface area contributed by atoms with Crippen molar-refractivity contribution in [3.05, 3.63) is 63.5 Å². The Morgan fingerprint density at radius 2 is 2.11 bits per heavy atom. The number of aromatic nitrogens is 1. The number of benzene rings is 2.